The summed E-state index contributed by atoms with van der Waals surface area (Å²) in [5, 5.41) is 11.3. The molecule has 0 aliphatic carbocycles. The first-order valence-electron chi connectivity index (χ1n) is 5.03. The molecule has 0 aromatic heterocycles. The molecular formula is C12H15NO3. The zero-order chi connectivity index (χ0) is 12.1. The summed E-state index contributed by atoms with van der Waals surface area (Å²) >= 11 is 0. The van der Waals surface area contributed by atoms with E-state index in [0.717, 1.165) is 16.7 Å². The van der Waals surface area contributed by atoms with Crippen LogP contribution in [-0.4, -0.2) is 17.5 Å². The van der Waals surface area contributed by atoms with E-state index in [4.69, 9.17) is 5.11 Å². The monoisotopic (exact) mass is 221 g/mol. The summed E-state index contributed by atoms with van der Waals surface area (Å²) in [7, 11) is 0. The number of hydrogen-bond acceptors (Lipinski definition) is 2. The number of carbonyl (C=O) groups excluding carboxylic acids is 1. The van der Waals surface area contributed by atoms with Crippen LogP contribution >= 0.6 is 0 Å². The molecule has 1 amide bonds. The van der Waals surface area contributed by atoms with Crippen molar-refractivity contribution in [3.8, 4) is 0 Å². The molecular weight excluding hydrogens is 206 g/mol. The summed E-state index contributed by atoms with van der Waals surface area (Å²) in [6, 6.07) is 5.27. The molecule has 0 aliphatic heterocycles. The quantitative estimate of drug-likeness (QED) is 0.741. The van der Waals surface area contributed by atoms with Crippen molar-refractivity contribution in [2.24, 2.45) is 0 Å². The average Bonchev–Trinajstić information content (AvgIpc) is 2.16. The Morgan fingerprint density at radius 2 is 2.19 bits per heavy atom. The molecule has 2 N–H and O–H groups in total. The number of hydrogen-bond donors (Lipinski definition) is 2. The fourth-order valence-corrected chi connectivity index (χ4v) is 1.73. The van der Waals surface area contributed by atoms with E-state index in [1.54, 1.807) is 0 Å². The normalized spacial score (nSPS) is 11.9. The van der Waals surface area contributed by atoms with E-state index in [2.05, 4.69) is 5.32 Å². The molecule has 0 spiro atoms. The van der Waals surface area contributed by atoms with Gasteiger partial charge in [-0.3, -0.25) is 9.59 Å². The largest absolute Gasteiger partial charge is 0.481 e. The topological polar surface area (TPSA) is 66.4 Å². The fraction of sp³-hybridized carbons (Fsp3) is 0.333. The molecule has 0 radical (unpaired) electrons. The molecule has 0 saturated carbocycles. The molecule has 1 atom stereocenters. The molecule has 0 aliphatic rings. The Kier molecular flexibility index (Phi) is 4.05. The highest BCUT2D eigenvalue weighted by atomic mass is 16.4. The lowest BCUT2D eigenvalue weighted by Crippen LogP contribution is -2.23. The van der Waals surface area contributed by atoms with Crippen LogP contribution in [0.2, 0.25) is 0 Å². The van der Waals surface area contributed by atoms with Crippen LogP contribution < -0.4 is 5.32 Å². The van der Waals surface area contributed by atoms with Gasteiger partial charge in [-0.05, 0) is 25.0 Å². The van der Waals surface area contributed by atoms with Crippen molar-refractivity contribution < 1.29 is 14.7 Å². The van der Waals surface area contributed by atoms with Crippen LogP contribution in [0, 0.1) is 13.8 Å². The number of carboxylic acids is 1. The lowest BCUT2D eigenvalue weighted by atomic mass is 9.97. The average molecular weight is 221 g/mol. The van der Waals surface area contributed by atoms with Crippen molar-refractivity contribution in [1.82, 2.24) is 5.32 Å². The molecule has 1 rings (SSSR count). The second-order valence-electron chi connectivity index (χ2n) is 3.80. The second kappa shape index (κ2) is 5.30. The summed E-state index contributed by atoms with van der Waals surface area (Å²) in [5.74, 6) is -0.931. The minimum absolute atomic E-state index is 0.108. The molecule has 16 heavy (non-hydrogen) atoms. The maximum atomic E-state index is 10.7. The van der Waals surface area contributed by atoms with Gasteiger partial charge in [-0.1, -0.05) is 23.8 Å². The van der Waals surface area contributed by atoms with Gasteiger partial charge in [0.1, 0.15) is 0 Å². The van der Waals surface area contributed by atoms with E-state index in [9.17, 15) is 9.59 Å². The maximum Gasteiger partial charge on any atom is 0.305 e. The number of amides is 1. The Morgan fingerprint density at radius 3 is 2.69 bits per heavy atom. The molecule has 1 aromatic rings. The van der Waals surface area contributed by atoms with Crippen molar-refractivity contribution in [3.63, 3.8) is 0 Å². The van der Waals surface area contributed by atoms with Crippen LogP contribution in [0.5, 0.6) is 0 Å². The van der Waals surface area contributed by atoms with E-state index in [0.29, 0.717) is 6.41 Å². The van der Waals surface area contributed by atoms with Gasteiger partial charge in [0.05, 0.1) is 12.5 Å². The van der Waals surface area contributed by atoms with Gasteiger partial charge < -0.3 is 10.4 Å². The van der Waals surface area contributed by atoms with Crippen LogP contribution in [-0.2, 0) is 9.59 Å². The lowest BCUT2D eigenvalue weighted by Gasteiger charge is -2.17. The lowest BCUT2D eigenvalue weighted by molar-refractivity contribution is -0.137. The molecule has 0 bridgehead atoms. The van der Waals surface area contributed by atoms with Gasteiger partial charge in [-0.15, -0.1) is 0 Å². The maximum absolute atomic E-state index is 10.7. The third-order valence-electron chi connectivity index (χ3n) is 2.45. The van der Waals surface area contributed by atoms with E-state index in [1.807, 2.05) is 32.0 Å². The molecule has 0 saturated heterocycles. The smallest absolute Gasteiger partial charge is 0.305 e. The van der Waals surface area contributed by atoms with Gasteiger partial charge in [0.25, 0.3) is 0 Å². The standard InChI is InChI=1S/C12H15NO3/c1-8-3-4-10(9(2)5-8)11(13-7-14)6-12(15)16/h3-5,7,11H,6H2,1-2H3,(H,13,14)(H,15,16)/t11-/m1/s1. The summed E-state index contributed by atoms with van der Waals surface area (Å²) in [6.45, 7) is 3.87. The van der Waals surface area contributed by atoms with Gasteiger partial charge in [-0.25, -0.2) is 0 Å². The predicted molar refractivity (Wildman–Crippen MR) is 60.1 cm³/mol. The second-order valence-corrected chi connectivity index (χ2v) is 3.80. The van der Waals surface area contributed by atoms with Crippen LogP contribution in [0.25, 0.3) is 0 Å². The number of aryl methyl sites for hydroxylation is 2. The fourth-order valence-electron chi connectivity index (χ4n) is 1.73. The van der Waals surface area contributed by atoms with Gasteiger partial charge in [0.2, 0.25) is 6.41 Å². The van der Waals surface area contributed by atoms with Gasteiger partial charge >= 0.3 is 5.97 Å². The summed E-state index contributed by atoms with van der Waals surface area (Å²) in [5.41, 5.74) is 2.95. The van der Waals surface area contributed by atoms with Crippen LogP contribution in [0.3, 0.4) is 0 Å². The van der Waals surface area contributed by atoms with Gasteiger partial charge in [-0.2, -0.15) is 0 Å². The molecule has 4 heteroatoms. The summed E-state index contributed by atoms with van der Waals surface area (Å²) in [4.78, 5) is 21.1. The zero-order valence-electron chi connectivity index (χ0n) is 9.36. The van der Waals surface area contributed by atoms with Crippen molar-refractivity contribution in [1.29, 1.82) is 0 Å². The van der Waals surface area contributed by atoms with E-state index in [-0.39, 0.29) is 6.42 Å². The van der Waals surface area contributed by atoms with Crippen molar-refractivity contribution in [3.05, 3.63) is 34.9 Å². The third-order valence-corrected chi connectivity index (χ3v) is 2.45. The highest BCUT2D eigenvalue weighted by molar-refractivity contribution is 5.68. The highest BCUT2D eigenvalue weighted by Crippen LogP contribution is 2.21. The van der Waals surface area contributed by atoms with Gasteiger partial charge in [0.15, 0.2) is 0 Å². The molecule has 0 fully saturated rings. The first kappa shape index (κ1) is 12.2. The Hall–Kier alpha value is -1.84. The Bertz CT molecular complexity index is 401. The third kappa shape index (κ3) is 3.08. The Balaban J connectivity index is 3.00. The van der Waals surface area contributed by atoms with E-state index >= 15 is 0 Å². The molecule has 4 nitrogen and oxygen atoms in total. The van der Waals surface area contributed by atoms with Crippen molar-refractivity contribution in [2.75, 3.05) is 0 Å². The van der Waals surface area contributed by atoms with Crippen LogP contribution in [0.1, 0.15) is 29.2 Å². The number of rotatable bonds is 5. The molecule has 86 valence electrons. The number of benzene rings is 1. The highest BCUT2D eigenvalue weighted by Gasteiger charge is 2.16. The number of carbonyl (C=O) groups is 2. The minimum Gasteiger partial charge on any atom is -0.481 e. The van der Waals surface area contributed by atoms with Crippen LogP contribution in [0.15, 0.2) is 18.2 Å². The number of nitrogens with one attached hydrogen (secondary N) is 1. The van der Waals surface area contributed by atoms with Crippen molar-refractivity contribution in [2.45, 2.75) is 26.3 Å². The number of aliphatic carboxylic acids is 1. The molecule has 0 unspecified atom stereocenters. The summed E-state index contributed by atoms with van der Waals surface area (Å²) < 4.78 is 0. The minimum atomic E-state index is -0.931. The Labute approximate surface area is 94.3 Å². The predicted octanol–water partition coefficient (Wildman–Crippen LogP) is 1.57. The first-order chi connectivity index (χ1) is 7.54. The zero-order valence-corrected chi connectivity index (χ0v) is 9.36. The first-order valence-corrected chi connectivity index (χ1v) is 5.03. The summed E-state index contributed by atoms with van der Waals surface area (Å²) in [6.07, 6.45) is 0.426. The van der Waals surface area contributed by atoms with E-state index in [1.165, 1.54) is 0 Å². The molecule has 1 aromatic carbocycles. The number of carboxylic acid groups (broad SMARTS) is 1. The van der Waals surface area contributed by atoms with Gasteiger partial charge in [0, 0.05) is 0 Å². The van der Waals surface area contributed by atoms with Crippen LogP contribution in [0.4, 0.5) is 0 Å². The van der Waals surface area contributed by atoms with E-state index < -0.39 is 12.0 Å². The molecule has 0 heterocycles. The SMILES string of the molecule is Cc1ccc([C@@H](CC(=O)O)NC=O)c(C)c1. The Morgan fingerprint density at radius 1 is 1.50 bits per heavy atom. The van der Waals surface area contributed by atoms with Crippen molar-refractivity contribution >= 4 is 12.4 Å².